The molecular formula is C15H24N2O2. The van der Waals surface area contributed by atoms with Crippen LogP contribution in [0.5, 0.6) is 0 Å². The molecule has 4 heteroatoms. The van der Waals surface area contributed by atoms with E-state index in [9.17, 15) is 4.79 Å². The monoisotopic (exact) mass is 264 g/mol. The predicted octanol–water partition coefficient (Wildman–Crippen LogP) is 2.33. The molecule has 0 aliphatic rings. The average molecular weight is 264 g/mol. The Morgan fingerprint density at radius 3 is 2.79 bits per heavy atom. The van der Waals surface area contributed by atoms with Crippen molar-refractivity contribution >= 4 is 11.6 Å². The van der Waals surface area contributed by atoms with Gasteiger partial charge in [-0.25, -0.2) is 0 Å². The first-order valence-electron chi connectivity index (χ1n) is 6.84. The van der Waals surface area contributed by atoms with Crippen LogP contribution in [0.2, 0.25) is 0 Å². The Hall–Kier alpha value is -1.39. The molecule has 1 amide bonds. The molecule has 0 heterocycles. The van der Waals surface area contributed by atoms with E-state index in [0.29, 0.717) is 19.6 Å². The van der Waals surface area contributed by atoms with Gasteiger partial charge in [0, 0.05) is 19.2 Å². The van der Waals surface area contributed by atoms with Crippen LogP contribution in [0.1, 0.15) is 31.2 Å². The van der Waals surface area contributed by atoms with Crippen molar-refractivity contribution in [1.29, 1.82) is 0 Å². The number of unbranched alkanes of at least 4 members (excludes halogenated alkanes) is 2. The number of ether oxygens (including phenoxy) is 1. The number of amides is 1. The molecule has 3 N–H and O–H groups in total. The second-order valence-electron chi connectivity index (χ2n) is 4.55. The normalized spacial score (nSPS) is 10.4. The van der Waals surface area contributed by atoms with Crippen LogP contribution in [0.4, 0.5) is 5.69 Å². The molecule has 0 aliphatic heterocycles. The predicted molar refractivity (Wildman–Crippen MR) is 78.2 cm³/mol. The van der Waals surface area contributed by atoms with Gasteiger partial charge in [-0.15, -0.1) is 0 Å². The summed E-state index contributed by atoms with van der Waals surface area (Å²) in [6, 6.07) is 7.86. The third-order valence-electron chi connectivity index (χ3n) is 2.97. The van der Waals surface area contributed by atoms with Gasteiger partial charge in [-0.05, 0) is 37.4 Å². The molecule has 0 spiro atoms. The van der Waals surface area contributed by atoms with Gasteiger partial charge in [0.25, 0.3) is 0 Å². The first-order chi connectivity index (χ1) is 9.27. The number of carbonyl (C=O) groups excluding carboxylic acids is 1. The number of benzene rings is 1. The fourth-order valence-electron chi connectivity index (χ4n) is 1.89. The molecule has 0 saturated heterocycles. The zero-order chi connectivity index (χ0) is 13.9. The quantitative estimate of drug-likeness (QED) is 0.673. The fourth-order valence-corrected chi connectivity index (χ4v) is 1.89. The van der Waals surface area contributed by atoms with Crippen LogP contribution in [0, 0.1) is 0 Å². The Balaban J connectivity index is 2.44. The highest BCUT2D eigenvalue weighted by Crippen LogP contribution is 2.16. The number of rotatable bonds is 9. The van der Waals surface area contributed by atoms with Crippen LogP contribution in [0.25, 0.3) is 0 Å². The molecule has 106 valence electrons. The van der Waals surface area contributed by atoms with E-state index in [1.807, 2.05) is 24.3 Å². The zero-order valence-electron chi connectivity index (χ0n) is 11.7. The van der Waals surface area contributed by atoms with E-state index in [1.54, 1.807) is 7.11 Å². The fraction of sp³-hybridized carbons (Fsp3) is 0.533. The summed E-state index contributed by atoms with van der Waals surface area (Å²) in [6.07, 6.45) is 4.24. The number of hydrogen-bond acceptors (Lipinski definition) is 3. The minimum Gasteiger partial charge on any atom is -0.384 e. The molecule has 0 saturated carbocycles. The Morgan fingerprint density at radius 2 is 2.05 bits per heavy atom. The van der Waals surface area contributed by atoms with Crippen LogP contribution in [-0.2, 0) is 16.0 Å². The van der Waals surface area contributed by atoms with Crippen LogP contribution in [0.3, 0.4) is 0 Å². The Morgan fingerprint density at radius 1 is 1.26 bits per heavy atom. The van der Waals surface area contributed by atoms with Crippen LogP contribution in [0.15, 0.2) is 24.3 Å². The van der Waals surface area contributed by atoms with E-state index >= 15 is 0 Å². The van der Waals surface area contributed by atoms with Crippen molar-refractivity contribution in [3.63, 3.8) is 0 Å². The van der Waals surface area contributed by atoms with Crippen molar-refractivity contribution in [1.82, 2.24) is 0 Å². The number of hydrogen-bond donors (Lipinski definition) is 2. The summed E-state index contributed by atoms with van der Waals surface area (Å²) in [5.41, 5.74) is 7.43. The van der Waals surface area contributed by atoms with Gasteiger partial charge in [-0.2, -0.15) is 0 Å². The van der Waals surface area contributed by atoms with Gasteiger partial charge in [0.05, 0.1) is 6.61 Å². The van der Waals surface area contributed by atoms with E-state index in [2.05, 4.69) is 5.32 Å². The first kappa shape index (κ1) is 15.7. The topological polar surface area (TPSA) is 64.3 Å². The van der Waals surface area contributed by atoms with Crippen LogP contribution in [-0.4, -0.2) is 26.2 Å². The number of anilines is 1. The summed E-state index contributed by atoms with van der Waals surface area (Å²) >= 11 is 0. The lowest BCUT2D eigenvalue weighted by atomic mass is 10.1. The van der Waals surface area contributed by atoms with Crippen molar-refractivity contribution in [3.05, 3.63) is 29.8 Å². The van der Waals surface area contributed by atoms with E-state index in [0.717, 1.165) is 36.9 Å². The molecule has 0 atom stereocenters. The van der Waals surface area contributed by atoms with Gasteiger partial charge >= 0.3 is 0 Å². The molecule has 1 rings (SSSR count). The van der Waals surface area contributed by atoms with E-state index in [-0.39, 0.29) is 5.91 Å². The van der Waals surface area contributed by atoms with Gasteiger partial charge in [0.1, 0.15) is 0 Å². The van der Waals surface area contributed by atoms with Crippen LogP contribution >= 0.6 is 0 Å². The Labute approximate surface area is 115 Å². The number of nitrogens with one attached hydrogen (secondary N) is 1. The minimum absolute atomic E-state index is 0.0712. The molecule has 0 radical (unpaired) electrons. The largest absolute Gasteiger partial charge is 0.384 e. The number of para-hydroxylation sites is 1. The Kier molecular flexibility index (Phi) is 7.86. The average Bonchev–Trinajstić information content (AvgIpc) is 2.43. The maximum absolute atomic E-state index is 11.8. The van der Waals surface area contributed by atoms with Gasteiger partial charge in [-0.3, -0.25) is 4.79 Å². The summed E-state index contributed by atoms with van der Waals surface area (Å²) < 4.78 is 5.07. The third-order valence-corrected chi connectivity index (χ3v) is 2.97. The second-order valence-corrected chi connectivity index (χ2v) is 4.55. The minimum atomic E-state index is 0.0712. The molecule has 1 aromatic carbocycles. The van der Waals surface area contributed by atoms with Crippen molar-refractivity contribution in [2.45, 2.75) is 32.1 Å². The summed E-state index contributed by atoms with van der Waals surface area (Å²) in [4.78, 5) is 11.8. The molecule has 0 aromatic heterocycles. The first-order valence-corrected chi connectivity index (χ1v) is 6.84. The van der Waals surface area contributed by atoms with Crippen molar-refractivity contribution in [3.8, 4) is 0 Å². The number of methoxy groups -OCH3 is 1. The van der Waals surface area contributed by atoms with Gasteiger partial charge < -0.3 is 15.8 Å². The molecule has 1 aromatic rings. The summed E-state index contributed by atoms with van der Waals surface area (Å²) in [7, 11) is 1.68. The SMILES string of the molecule is COCCc1ccccc1NC(=O)CCCCCN. The third kappa shape index (κ3) is 6.36. The van der Waals surface area contributed by atoms with E-state index < -0.39 is 0 Å². The highest BCUT2D eigenvalue weighted by atomic mass is 16.5. The molecule has 4 nitrogen and oxygen atoms in total. The smallest absolute Gasteiger partial charge is 0.224 e. The molecule has 0 aliphatic carbocycles. The molecular weight excluding hydrogens is 240 g/mol. The van der Waals surface area contributed by atoms with Crippen molar-refractivity contribution < 1.29 is 9.53 Å². The lowest BCUT2D eigenvalue weighted by molar-refractivity contribution is -0.116. The molecule has 0 fully saturated rings. The highest BCUT2D eigenvalue weighted by molar-refractivity contribution is 5.91. The lowest BCUT2D eigenvalue weighted by Crippen LogP contribution is -2.13. The summed E-state index contributed by atoms with van der Waals surface area (Å²) in [5.74, 6) is 0.0712. The molecule has 0 bridgehead atoms. The second kappa shape index (κ2) is 9.53. The highest BCUT2D eigenvalue weighted by Gasteiger charge is 2.06. The van der Waals surface area contributed by atoms with Gasteiger partial charge in [0.2, 0.25) is 5.91 Å². The van der Waals surface area contributed by atoms with Crippen molar-refractivity contribution in [2.24, 2.45) is 5.73 Å². The maximum Gasteiger partial charge on any atom is 0.224 e. The lowest BCUT2D eigenvalue weighted by Gasteiger charge is -2.10. The van der Waals surface area contributed by atoms with E-state index in [1.165, 1.54) is 0 Å². The van der Waals surface area contributed by atoms with E-state index in [4.69, 9.17) is 10.5 Å². The Bertz CT molecular complexity index is 380. The van der Waals surface area contributed by atoms with Gasteiger partial charge in [0.15, 0.2) is 0 Å². The summed E-state index contributed by atoms with van der Waals surface area (Å²) in [5, 5.41) is 2.97. The zero-order valence-corrected chi connectivity index (χ0v) is 11.7. The number of carbonyl (C=O) groups is 1. The molecule has 19 heavy (non-hydrogen) atoms. The van der Waals surface area contributed by atoms with Gasteiger partial charge in [-0.1, -0.05) is 24.6 Å². The molecule has 0 unspecified atom stereocenters. The summed E-state index contributed by atoms with van der Waals surface area (Å²) in [6.45, 7) is 1.35. The number of nitrogens with two attached hydrogens (primary N) is 1. The van der Waals surface area contributed by atoms with Crippen LogP contribution < -0.4 is 11.1 Å². The van der Waals surface area contributed by atoms with Crippen molar-refractivity contribution in [2.75, 3.05) is 25.6 Å². The maximum atomic E-state index is 11.8. The standard InChI is InChI=1S/C15H24N2O2/c1-19-12-10-13-7-4-5-8-14(13)17-15(18)9-3-2-6-11-16/h4-5,7-8H,2-3,6,9-12,16H2,1H3,(H,17,18).